The van der Waals surface area contributed by atoms with Crippen LogP contribution in [0.3, 0.4) is 0 Å². The van der Waals surface area contributed by atoms with E-state index >= 15 is 0 Å². The maximum Gasteiger partial charge on any atom is 0.255 e. The molecular formula is C12H11F3N2O. The molecule has 0 saturated heterocycles. The van der Waals surface area contributed by atoms with Gasteiger partial charge in [-0.1, -0.05) is 0 Å². The van der Waals surface area contributed by atoms with Crippen LogP contribution in [0, 0.1) is 5.82 Å². The molecule has 0 fully saturated rings. The van der Waals surface area contributed by atoms with Gasteiger partial charge in [0, 0.05) is 17.1 Å². The van der Waals surface area contributed by atoms with Crippen molar-refractivity contribution in [2.24, 2.45) is 0 Å². The second-order valence-electron chi connectivity index (χ2n) is 3.88. The number of carbonyl (C=O) groups excluding carboxylic acids is 1. The van der Waals surface area contributed by atoms with E-state index in [2.05, 4.69) is 10.3 Å². The Morgan fingerprint density at radius 2 is 2.17 bits per heavy atom. The summed E-state index contributed by atoms with van der Waals surface area (Å²) in [5.41, 5.74) is 1.28. The lowest BCUT2D eigenvalue weighted by Crippen LogP contribution is -2.29. The summed E-state index contributed by atoms with van der Waals surface area (Å²) in [7, 11) is 0. The summed E-state index contributed by atoms with van der Waals surface area (Å²) < 4.78 is 36.9. The lowest BCUT2D eigenvalue weighted by atomic mass is 10.1. The molecule has 18 heavy (non-hydrogen) atoms. The number of hydrogen-bond donors (Lipinski definition) is 2. The Hall–Kier alpha value is -1.98. The van der Waals surface area contributed by atoms with Crippen molar-refractivity contribution in [1.82, 2.24) is 10.3 Å². The number of H-pyrrole nitrogens is 1. The smallest absolute Gasteiger partial charge is 0.255 e. The van der Waals surface area contributed by atoms with E-state index in [1.54, 1.807) is 12.3 Å². The van der Waals surface area contributed by atoms with Crippen LogP contribution in [0.25, 0.3) is 10.9 Å². The van der Waals surface area contributed by atoms with Gasteiger partial charge in [-0.25, -0.2) is 13.2 Å². The third-order valence-corrected chi connectivity index (χ3v) is 2.53. The first-order chi connectivity index (χ1) is 8.56. The Balaban J connectivity index is 2.12. The average Bonchev–Trinajstić information content (AvgIpc) is 2.69. The van der Waals surface area contributed by atoms with Crippen molar-refractivity contribution in [3.8, 4) is 0 Å². The van der Waals surface area contributed by atoms with E-state index in [4.69, 9.17) is 0 Å². The highest BCUT2D eigenvalue weighted by molar-refractivity contribution is 5.88. The number of aromatic amines is 1. The van der Waals surface area contributed by atoms with Crippen LogP contribution in [-0.4, -0.2) is 23.9 Å². The summed E-state index contributed by atoms with van der Waals surface area (Å²) in [5.74, 6) is -0.920. The molecule has 0 atom stereocenters. The van der Waals surface area contributed by atoms with Crippen molar-refractivity contribution in [2.75, 3.05) is 6.54 Å². The number of hydrogen-bond acceptors (Lipinski definition) is 1. The van der Waals surface area contributed by atoms with Gasteiger partial charge >= 0.3 is 0 Å². The third kappa shape index (κ3) is 2.82. The largest absolute Gasteiger partial charge is 0.361 e. The molecule has 2 N–H and O–H groups in total. The van der Waals surface area contributed by atoms with Gasteiger partial charge < -0.3 is 10.3 Å². The van der Waals surface area contributed by atoms with Gasteiger partial charge in [0.1, 0.15) is 5.82 Å². The minimum Gasteiger partial charge on any atom is -0.361 e. The van der Waals surface area contributed by atoms with Crippen LogP contribution in [0.2, 0.25) is 0 Å². The summed E-state index contributed by atoms with van der Waals surface area (Å²) in [5, 5.41) is 2.69. The van der Waals surface area contributed by atoms with E-state index in [1.165, 1.54) is 12.1 Å². The lowest BCUT2D eigenvalue weighted by molar-refractivity contribution is -0.121. The molecule has 0 saturated carbocycles. The molecule has 0 aliphatic rings. The van der Waals surface area contributed by atoms with Crippen molar-refractivity contribution in [3.63, 3.8) is 0 Å². The fourth-order valence-corrected chi connectivity index (χ4v) is 1.72. The van der Waals surface area contributed by atoms with Gasteiger partial charge in [-0.05, 0) is 23.8 Å². The Morgan fingerprint density at radius 1 is 1.39 bits per heavy atom. The highest BCUT2D eigenvalue weighted by Crippen LogP contribution is 2.19. The monoisotopic (exact) mass is 256 g/mol. The van der Waals surface area contributed by atoms with E-state index in [-0.39, 0.29) is 6.42 Å². The van der Waals surface area contributed by atoms with Crippen LogP contribution in [0.1, 0.15) is 5.56 Å². The fraction of sp³-hybridized carbons (Fsp3) is 0.250. The molecule has 0 aliphatic carbocycles. The first kappa shape index (κ1) is 12.5. The quantitative estimate of drug-likeness (QED) is 0.865. The molecule has 6 heteroatoms. The van der Waals surface area contributed by atoms with Crippen LogP contribution in [0.5, 0.6) is 0 Å². The zero-order valence-corrected chi connectivity index (χ0v) is 9.34. The molecule has 0 spiro atoms. The number of alkyl halides is 2. The van der Waals surface area contributed by atoms with Crippen LogP contribution in [-0.2, 0) is 11.2 Å². The van der Waals surface area contributed by atoms with Gasteiger partial charge in [0.25, 0.3) is 6.43 Å². The van der Waals surface area contributed by atoms with Gasteiger partial charge in [0.15, 0.2) is 0 Å². The maximum atomic E-state index is 13.1. The topological polar surface area (TPSA) is 44.9 Å². The molecule has 3 nitrogen and oxygen atoms in total. The van der Waals surface area contributed by atoms with Gasteiger partial charge in [-0.3, -0.25) is 4.79 Å². The normalized spacial score (nSPS) is 11.1. The molecule has 96 valence electrons. The highest BCUT2D eigenvalue weighted by Gasteiger charge is 2.11. The summed E-state index contributed by atoms with van der Waals surface area (Å²) in [6, 6.07) is 4.17. The standard InChI is InChI=1S/C12H11F3N2O/c13-8-1-2-10-9(4-8)7(5-16-10)3-12(18)17-6-11(14)15/h1-2,4-5,11,16H,3,6H2,(H,17,18). The Labute approximate surface area is 101 Å². The maximum absolute atomic E-state index is 13.1. The van der Waals surface area contributed by atoms with Crippen molar-refractivity contribution >= 4 is 16.8 Å². The third-order valence-electron chi connectivity index (χ3n) is 2.53. The zero-order valence-electron chi connectivity index (χ0n) is 9.34. The number of benzene rings is 1. The number of carbonyl (C=O) groups is 1. The number of aromatic nitrogens is 1. The fourth-order valence-electron chi connectivity index (χ4n) is 1.72. The van der Waals surface area contributed by atoms with Crippen LogP contribution < -0.4 is 5.32 Å². The van der Waals surface area contributed by atoms with E-state index < -0.39 is 24.7 Å². The molecular weight excluding hydrogens is 245 g/mol. The van der Waals surface area contributed by atoms with Crippen molar-refractivity contribution < 1.29 is 18.0 Å². The predicted octanol–water partition coefficient (Wildman–Crippen LogP) is 2.23. The Morgan fingerprint density at radius 3 is 2.89 bits per heavy atom. The van der Waals surface area contributed by atoms with Crippen molar-refractivity contribution in [3.05, 3.63) is 35.8 Å². The average molecular weight is 256 g/mol. The van der Waals surface area contributed by atoms with E-state index in [1.807, 2.05) is 0 Å². The van der Waals surface area contributed by atoms with Gasteiger partial charge in [0.05, 0.1) is 13.0 Å². The second-order valence-corrected chi connectivity index (χ2v) is 3.88. The second kappa shape index (κ2) is 5.12. The molecule has 1 aromatic carbocycles. The first-order valence-corrected chi connectivity index (χ1v) is 5.36. The van der Waals surface area contributed by atoms with Gasteiger partial charge in [0.2, 0.25) is 5.91 Å². The summed E-state index contributed by atoms with van der Waals surface area (Å²) in [4.78, 5) is 14.3. The van der Waals surface area contributed by atoms with E-state index in [9.17, 15) is 18.0 Å². The van der Waals surface area contributed by atoms with E-state index in [0.717, 1.165) is 0 Å². The molecule has 2 aromatic rings. The molecule has 0 bridgehead atoms. The van der Waals surface area contributed by atoms with Crippen LogP contribution in [0.4, 0.5) is 13.2 Å². The lowest BCUT2D eigenvalue weighted by Gasteiger charge is -2.03. The summed E-state index contributed by atoms with van der Waals surface area (Å²) in [6.45, 7) is -0.671. The molecule has 1 aromatic heterocycles. The molecule has 0 aliphatic heterocycles. The molecule has 2 rings (SSSR count). The number of fused-ring (bicyclic) bond motifs is 1. The van der Waals surface area contributed by atoms with Crippen LogP contribution >= 0.6 is 0 Å². The molecule has 1 amide bonds. The van der Waals surface area contributed by atoms with Crippen molar-refractivity contribution in [2.45, 2.75) is 12.8 Å². The zero-order chi connectivity index (χ0) is 13.1. The SMILES string of the molecule is O=C(Cc1c[nH]c2ccc(F)cc12)NCC(F)F. The number of rotatable bonds is 4. The van der Waals surface area contributed by atoms with E-state index in [0.29, 0.717) is 16.5 Å². The van der Waals surface area contributed by atoms with Crippen LogP contribution in [0.15, 0.2) is 24.4 Å². The molecule has 0 unspecified atom stereocenters. The number of nitrogens with one attached hydrogen (secondary N) is 2. The van der Waals surface area contributed by atoms with Gasteiger partial charge in [-0.15, -0.1) is 0 Å². The minimum absolute atomic E-state index is 0.0594. The highest BCUT2D eigenvalue weighted by atomic mass is 19.3. The molecule has 0 radical (unpaired) electrons. The number of halogens is 3. The Kier molecular flexibility index (Phi) is 3.55. The first-order valence-electron chi connectivity index (χ1n) is 5.36. The van der Waals surface area contributed by atoms with Gasteiger partial charge in [-0.2, -0.15) is 0 Å². The predicted molar refractivity (Wildman–Crippen MR) is 61.0 cm³/mol. The van der Waals surface area contributed by atoms with Crippen molar-refractivity contribution in [1.29, 1.82) is 0 Å². The summed E-state index contributed by atoms with van der Waals surface area (Å²) in [6.07, 6.45) is -1.06. The number of amides is 1. The minimum atomic E-state index is -2.57. The Bertz CT molecular complexity index is 565. The molecule has 1 heterocycles. The summed E-state index contributed by atoms with van der Waals surface area (Å²) >= 11 is 0.